The van der Waals surface area contributed by atoms with Gasteiger partial charge in [0.05, 0.1) is 29.9 Å². The van der Waals surface area contributed by atoms with Gasteiger partial charge in [0.1, 0.15) is 5.65 Å². The Morgan fingerprint density at radius 3 is 2.81 bits per heavy atom. The molecule has 0 aliphatic carbocycles. The van der Waals surface area contributed by atoms with Gasteiger partial charge in [-0.3, -0.25) is 0 Å². The third-order valence-corrected chi connectivity index (χ3v) is 4.28. The van der Waals surface area contributed by atoms with Crippen LogP contribution in [0, 0.1) is 11.3 Å². The number of benzene rings is 1. The molecule has 4 aromatic rings. The van der Waals surface area contributed by atoms with E-state index in [1.54, 1.807) is 30.9 Å². The molecule has 134 valence electrons. The van der Waals surface area contributed by atoms with E-state index >= 15 is 0 Å². The zero-order chi connectivity index (χ0) is 19.0. The normalized spacial score (nSPS) is 11.6. The quantitative estimate of drug-likeness (QED) is 0.580. The highest BCUT2D eigenvalue weighted by atomic mass is 19.4. The Bertz CT molecular complexity index is 1160. The summed E-state index contributed by atoms with van der Waals surface area (Å²) in [5.74, 6) is 0. The first-order valence-corrected chi connectivity index (χ1v) is 8.02. The minimum Gasteiger partial charge on any atom is -0.346 e. The molecule has 0 spiro atoms. The monoisotopic (exact) mass is 367 g/mol. The van der Waals surface area contributed by atoms with Gasteiger partial charge in [-0.1, -0.05) is 0 Å². The van der Waals surface area contributed by atoms with Gasteiger partial charge in [0, 0.05) is 29.5 Å². The number of aromatic amines is 1. The molecule has 0 aliphatic rings. The molecule has 5 nitrogen and oxygen atoms in total. The number of nitriles is 1. The number of pyridine rings is 1. The van der Waals surface area contributed by atoms with Gasteiger partial charge in [0.15, 0.2) is 0 Å². The zero-order valence-corrected chi connectivity index (χ0v) is 13.8. The van der Waals surface area contributed by atoms with E-state index in [0.29, 0.717) is 5.69 Å². The number of rotatable bonds is 3. The minimum absolute atomic E-state index is 0.0727. The summed E-state index contributed by atoms with van der Waals surface area (Å²) in [4.78, 5) is 7.27. The van der Waals surface area contributed by atoms with Gasteiger partial charge in [0.2, 0.25) is 0 Å². The van der Waals surface area contributed by atoms with Gasteiger partial charge in [-0.05, 0) is 41.5 Å². The summed E-state index contributed by atoms with van der Waals surface area (Å²) in [7, 11) is 0. The van der Waals surface area contributed by atoms with E-state index in [2.05, 4.69) is 15.1 Å². The smallest absolute Gasteiger partial charge is 0.346 e. The molecule has 27 heavy (non-hydrogen) atoms. The van der Waals surface area contributed by atoms with Crippen LogP contribution in [0.3, 0.4) is 0 Å². The zero-order valence-electron chi connectivity index (χ0n) is 13.8. The molecule has 0 atom stereocenters. The van der Waals surface area contributed by atoms with Gasteiger partial charge >= 0.3 is 6.18 Å². The molecule has 3 heterocycles. The fourth-order valence-electron chi connectivity index (χ4n) is 3.05. The van der Waals surface area contributed by atoms with E-state index < -0.39 is 11.7 Å². The SMILES string of the molecule is N#CCc1cc(-n2cc(-c3ccnc4[nH]ccc34)cn2)ccc1C(F)(F)F. The summed E-state index contributed by atoms with van der Waals surface area (Å²) in [5.41, 5.74) is 2.05. The fourth-order valence-corrected chi connectivity index (χ4v) is 3.05. The lowest BCUT2D eigenvalue weighted by Crippen LogP contribution is -2.10. The van der Waals surface area contributed by atoms with Crippen molar-refractivity contribution in [3.63, 3.8) is 0 Å². The number of alkyl halides is 3. The molecule has 8 heteroatoms. The van der Waals surface area contributed by atoms with Crippen molar-refractivity contribution in [2.75, 3.05) is 0 Å². The van der Waals surface area contributed by atoms with Crippen LogP contribution in [0.1, 0.15) is 11.1 Å². The van der Waals surface area contributed by atoms with Gasteiger partial charge < -0.3 is 4.98 Å². The molecule has 0 fully saturated rings. The second-order valence-electron chi connectivity index (χ2n) is 5.95. The molecule has 0 bridgehead atoms. The number of aromatic nitrogens is 4. The maximum atomic E-state index is 13.1. The van der Waals surface area contributed by atoms with Crippen LogP contribution in [0.5, 0.6) is 0 Å². The maximum Gasteiger partial charge on any atom is 0.416 e. The second kappa shape index (κ2) is 6.29. The van der Waals surface area contributed by atoms with Crippen molar-refractivity contribution in [3.05, 3.63) is 66.2 Å². The van der Waals surface area contributed by atoms with E-state index in [-0.39, 0.29) is 12.0 Å². The van der Waals surface area contributed by atoms with Crippen LogP contribution in [-0.2, 0) is 12.6 Å². The Labute approximate surface area is 151 Å². The third-order valence-electron chi connectivity index (χ3n) is 4.28. The average Bonchev–Trinajstić information content (AvgIpc) is 3.30. The molecule has 3 aromatic heterocycles. The Morgan fingerprint density at radius 2 is 2.04 bits per heavy atom. The summed E-state index contributed by atoms with van der Waals surface area (Å²) in [6.07, 6.45) is 2.01. The predicted octanol–water partition coefficient (Wildman–Crippen LogP) is 4.50. The Balaban J connectivity index is 1.77. The highest BCUT2D eigenvalue weighted by molar-refractivity contribution is 5.92. The number of nitrogens with zero attached hydrogens (tertiary/aromatic N) is 4. The lowest BCUT2D eigenvalue weighted by Gasteiger charge is -2.12. The largest absolute Gasteiger partial charge is 0.416 e. The van der Waals surface area contributed by atoms with Gasteiger partial charge in [-0.25, -0.2) is 9.67 Å². The molecule has 0 radical (unpaired) electrons. The molecule has 0 saturated carbocycles. The average molecular weight is 367 g/mol. The lowest BCUT2D eigenvalue weighted by atomic mass is 10.0. The summed E-state index contributed by atoms with van der Waals surface area (Å²) in [6.45, 7) is 0. The second-order valence-corrected chi connectivity index (χ2v) is 5.95. The van der Waals surface area contributed by atoms with E-state index in [1.807, 2.05) is 12.1 Å². The van der Waals surface area contributed by atoms with Crippen molar-refractivity contribution >= 4 is 11.0 Å². The molecule has 4 rings (SSSR count). The molecular weight excluding hydrogens is 355 g/mol. The van der Waals surface area contributed by atoms with E-state index in [0.717, 1.165) is 28.2 Å². The highest BCUT2D eigenvalue weighted by Gasteiger charge is 2.33. The van der Waals surface area contributed by atoms with Gasteiger partial charge in [-0.2, -0.15) is 23.5 Å². The summed E-state index contributed by atoms with van der Waals surface area (Å²) < 4.78 is 40.8. The van der Waals surface area contributed by atoms with Crippen LogP contribution in [-0.4, -0.2) is 19.7 Å². The fraction of sp³-hybridized carbons (Fsp3) is 0.105. The Kier molecular flexibility index (Phi) is 3.92. The lowest BCUT2D eigenvalue weighted by molar-refractivity contribution is -0.138. The van der Waals surface area contributed by atoms with E-state index in [4.69, 9.17) is 5.26 Å². The van der Waals surface area contributed by atoms with Crippen LogP contribution in [0.2, 0.25) is 0 Å². The molecule has 1 N–H and O–H groups in total. The van der Waals surface area contributed by atoms with Gasteiger partial charge in [-0.15, -0.1) is 0 Å². The first-order chi connectivity index (χ1) is 13.0. The van der Waals surface area contributed by atoms with E-state index in [1.165, 1.54) is 16.8 Å². The van der Waals surface area contributed by atoms with Crippen LogP contribution in [0.4, 0.5) is 13.2 Å². The van der Waals surface area contributed by atoms with Crippen molar-refractivity contribution in [3.8, 4) is 22.9 Å². The number of hydrogen-bond donors (Lipinski definition) is 1. The maximum absolute atomic E-state index is 13.1. The summed E-state index contributed by atoms with van der Waals surface area (Å²) >= 11 is 0. The van der Waals surface area contributed by atoms with Crippen molar-refractivity contribution in [1.82, 2.24) is 19.7 Å². The Hall–Kier alpha value is -3.60. The number of halogens is 3. The topological polar surface area (TPSA) is 70.3 Å². The van der Waals surface area contributed by atoms with Crippen LogP contribution in [0.25, 0.3) is 27.8 Å². The van der Waals surface area contributed by atoms with Crippen LogP contribution in [0.15, 0.2) is 55.1 Å². The van der Waals surface area contributed by atoms with Crippen molar-refractivity contribution in [1.29, 1.82) is 5.26 Å². The molecule has 1 aromatic carbocycles. The molecule has 0 amide bonds. The standard InChI is InChI=1S/C19H12F3N5/c20-19(21,22)17-2-1-14(9-12(17)3-6-23)27-11-13(10-26-27)15-4-7-24-18-16(15)5-8-25-18/h1-2,4-5,7-11H,3H2,(H,24,25). The number of H-pyrrole nitrogens is 1. The molecule has 0 unspecified atom stereocenters. The molecular formula is C19H12F3N5. The van der Waals surface area contributed by atoms with Crippen LogP contribution >= 0.6 is 0 Å². The van der Waals surface area contributed by atoms with Crippen LogP contribution < -0.4 is 0 Å². The van der Waals surface area contributed by atoms with Gasteiger partial charge in [0.25, 0.3) is 0 Å². The number of fused-ring (bicyclic) bond motifs is 1. The predicted molar refractivity (Wildman–Crippen MR) is 93.0 cm³/mol. The highest BCUT2D eigenvalue weighted by Crippen LogP contribution is 2.33. The summed E-state index contributed by atoms with van der Waals surface area (Å²) in [5, 5.41) is 14.1. The first kappa shape index (κ1) is 16.8. The summed E-state index contributed by atoms with van der Waals surface area (Å²) in [6, 6.07) is 9.22. The van der Waals surface area contributed by atoms with E-state index in [9.17, 15) is 13.2 Å². The first-order valence-electron chi connectivity index (χ1n) is 8.02. The van der Waals surface area contributed by atoms with Crippen molar-refractivity contribution in [2.45, 2.75) is 12.6 Å². The molecule has 0 saturated heterocycles. The number of nitrogens with one attached hydrogen (secondary N) is 1. The Morgan fingerprint density at radius 1 is 1.19 bits per heavy atom. The van der Waals surface area contributed by atoms with Crippen molar-refractivity contribution in [2.24, 2.45) is 0 Å². The number of hydrogen-bond acceptors (Lipinski definition) is 3. The molecule has 0 aliphatic heterocycles. The third kappa shape index (κ3) is 3.04. The van der Waals surface area contributed by atoms with Crippen molar-refractivity contribution < 1.29 is 13.2 Å². The minimum atomic E-state index is -4.50.